The summed E-state index contributed by atoms with van der Waals surface area (Å²) in [6.45, 7) is 7.23. The standard InChI is InChI=1S/C19H23ClN2O3S/c1-12-7-6-8-18(14(12)3)21-19(23)15(4)22(26(5,24)25)16-10-9-13(2)17(20)11-16/h6-11,15H,1-5H3,(H,21,23). The van der Waals surface area contributed by atoms with Crippen molar-refractivity contribution in [3.8, 4) is 0 Å². The lowest BCUT2D eigenvalue weighted by Gasteiger charge is -2.28. The minimum atomic E-state index is -3.69. The smallest absolute Gasteiger partial charge is 0.248 e. The van der Waals surface area contributed by atoms with Crippen molar-refractivity contribution in [2.75, 3.05) is 15.9 Å². The van der Waals surface area contributed by atoms with Gasteiger partial charge in [-0.2, -0.15) is 0 Å². The van der Waals surface area contributed by atoms with E-state index >= 15 is 0 Å². The molecule has 1 amide bonds. The third-order valence-corrected chi connectivity index (χ3v) is 6.01. The fraction of sp³-hybridized carbons (Fsp3) is 0.316. The third-order valence-electron chi connectivity index (χ3n) is 4.36. The Kier molecular flexibility index (Phi) is 5.98. The highest BCUT2D eigenvalue weighted by molar-refractivity contribution is 7.92. The first-order valence-electron chi connectivity index (χ1n) is 8.15. The molecule has 0 aliphatic carbocycles. The van der Waals surface area contributed by atoms with Gasteiger partial charge in [-0.3, -0.25) is 9.10 Å². The van der Waals surface area contributed by atoms with Crippen LogP contribution in [-0.4, -0.2) is 26.6 Å². The summed E-state index contributed by atoms with van der Waals surface area (Å²) >= 11 is 6.14. The number of carbonyl (C=O) groups excluding carboxylic acids is 1. The van der Waals surface area contributed by atoms with Gasteiger partial charge < -0.3 is 5.32 Å². The maximum Gasteiger partial charge on any atom is 0.248 e. The molecule has 5 nitrogen and oxygen atoms in total. The van der Waals surface area contributed by atoms with Crippen LogP contribution in [0.1, 0.15) is 23.6 Å². The van der Waals surface area contributed by atoms with Gasteiger partial charge >= 0.3 is 0 Å². The van der Waals surface area contributed by atoms with Crippen molar-refractivity contribution in [2.45, 2.75) is 33.7 Å². The predicted molar refractivity (Wildman–Crippen MR) is 108 cm³/mol. The number of hydrogen-bond donors (Lipinski definition) is 1. The number of hydrogen-bond acceptors (Lipinski definition) is 3. The Bertz CT molecular complexity index is 942. The molecular formula is C19H23ClN2O3S. The van der Waals surface area contributed by atoms with Crippen LogP contribution in [-0.2, 0) is 14.8 Å². The summed E-state index contributed by atoms with van der Waals surface area (Å²) in [6, 6.07) is 9.57. The molecule has 0 saturated carbocycles. The lowest BCUT2D eigenvalue weighted by Crippen LogP contribution is -2.45. The number of nitrogens with one attached hydrogen (secondary N) is 1. The molecule has 2 aromatic carbocycles. The number of rotatable bonds is 5. The highest BCUT2D eigenvalue weighted by Gasteiger charge is 2.29. The zero-order valence-corrected chi connectivity index (χ0v) is 17.1. The van der Waals surface area contributed by atoms with Crippen LogP contribution in [0.5, 0.6) is 0 Å². The zero-order valence-electron chi connectivity index (χ0n) is 15.5. The third kappa shape index (κ3) is 4.37. The van der Waals surface area contributed by atoms with E-state index in [1.165, 1.54) is 0 Å². The second-order valence-corrected chi connectivity index (χ2v) is 8.67. The van der Waals surface area contributed by atoms with Gasteiger partial charge in [0.15, 0.2) is 0 Å². The van der Waals surface area contributed by atoms with Gasteiger partial charge in [0, 0.05) is 10.7 Å². The van der Waals surface area contributed by atoms with Crippen molar-refractivity contribution in [2.24, 2.45) is 0 Å². The Balaban J connectivity index is 2.37. The molecule has 2 aromatic rings. The molecule has 0 saturated heterocycles. The van der Waals surface area contributed by atoms with Crippen molar-refractivity contribution in [1.82, 2.24) is 0 Å². The van der Waals surface area contributed by atoms with Crippen LogP contribution >= 0.6 is 11.6 Å². The Hall–Kier alpha value is -2.05. The van der Waals surface area contributed by atoms with Crippen LogP contribution in [0.15, 0.2) is 36.4 Å². The van der Waals surface area contributed by atoms with E-state index < -0.39 is 22.0 Å². The van der Waals surface area contributed by atoms with Gasteiger partial charge in [0.25, 0.3) is 0 Å². The molecule has 0 bridgehead atoms. The largest absolute Gasteiger partial charge is 0.324 e. The Morgan fingerprint density at radius 1 is 1.12 bits per heavy atom. The molecule has 2 rings (SSSR count). The van der Waals surface area contributed by atoms with Crippen molar-refractivity contribution < 1.29 is 13.2 Å². The van der Waals surface area contributed by atoms with E-state index in [2.05, 4.69) is 5.32 Å². The van der Waals surface area contributed by atoms with E-state index in [1.807, 2.05) is 32.9 Å². The quantitative estimate of drug-likeness (QED) is 0.831. The van der Waals surface area contributed by atoms with Crippen LogP contribution in [0, 0.1) is 20.8 Å². The molecule has 140 valence electrons. The summed E-state index contributed by atoms with van der Waals surface area (Å²) < 4.78 is 25.8. The monoisotopic (exact) mass is 394 g/mol. The van der Waals surface area contributed by atoms with Gasteiger partial charge in [0.1, 0.15) is 6.04 Å². The molecule has 0 radical (unpaired) electrons. The topological polar surface area (TPSA) is 66.5 Å². The number of benzene rings is 2. The highest BCUT2D eigenvalue weighted by atomic mass is 35.5. The molecule has 0 heterocycles. The van der Waals surface area contributed by atoms with E-state index in [0.29, 0.717) is 16.4 Å². The second kappa shape index (κ2) is 7.68. The zero-order chi connectivity index (χ0) is 19.6. The number of amides is 1. The van der Waals surface area contributed by atoms with Gasteiger partial charge in [0.05, 0.1) is 11.9 Å². The number of nitrogens with zero attached hydrogens (tertiary/aromatic N) is 1. The average Bonchev–Trinajstić information content (AvgIpc) is 2.54. The van der Waals surface area contributed by atoms with Crippen molar-refractivity contribution in [3.63, 3.8) is 0 Å². The maximum atomic E-state index is 12.7. The van der Waals surface area contributed by atoms with E-state index in [9.17, 15) is 13.2 Å². The van der Waals surface area contributed by atoms with Crippen molar-refractivity contribution >= 4 is 38.9 Å². The summed E-state index contributed by atoms with van der Waals surface area (Å²) in [5, 5.41) is 3.26. The van der Waals surface area contributed by atoms with Crippen LogP contribution < -0.4 is 9.62 Å². The highest BCUT2D eigenvalue weighted by Crippen LogP contribution is 2.27. The van der Waals surface area contributed by atoms with E-state index in [0.717, 1.165) is 27.3 Å². The fourth-order valence-corrected chi connectivity index (χ4v) is 3.99. The normalized spacial score (nSPS) is 12.5. The Morgan fingerprint density at radius 3 is 2.35 bits per heavy atom. The first kappa shape index (κ1) is 20.3. The number of aryl methyl sites for hydroxylation is 2. The summed E-state index contributed by atoms with van der Waals surface area (Å²) in [4.78, 5) is 12.7. The summed E-state index contributed by atoms with van der Waals surface area (Å²) in [7, 11) is -3.69. The van der Waals surface area contributed by atoms with Crippen LogP contribution in [0.3, 0.4) is 0 Å². The summed E-state index contributed by atoms with van der Waals surface area (Å²) in [5.74, 6) is -0.416. The van der Waals surface area contributed by atoms with Gasteiger partial charge in [-0.05, 0) is 62.6 Å². The number of sulfonamides is 1. The molecule has 1 N–H and O–H groups in total. The Labute approximate surface area is 160 Å². The first-order chi connectivity index (χ1) is 12.0. The number of anilines is 2. The lowest BCUT2D eigenvalue weighted by atomic mass is 10.1. The van der Waals surface area contributed by atoms with Gasteiger partial charge in [-0.25, -0.2) is 8.42 Å². The van der Waals surface area contributed by atoms with Crippen LogP contribution in [0.25, 0.3) is 0 Å². The second-order valence-electron chi connectivity index (χ2n) is 6.40. The Morgan fingerprint density at radius 2 is 1.77 bits per heavy atom. The van der Waals surface area contributed by atoms with Crippen molar-refractivity contribution in [3.05, 3.63) is 58.1 Å². The van der Waals surface area contributed by atoms with Crippen LogP contribution in [0.2, 0.25) is 5.02 Å². The van der Waals surface area contributed by atoms with Gasteiger partial charge in [0.2, 0.25) is 15.9 Å². The summed E-state index contributed by atoms with van der Waals surface area (Å²) in [5.41, 5.74) is 3.83. The first-order valence-corrected chi connectivity index (χ1v) is 10.4. The van der Waals surface area contributed by atoms with E-state index in [1.54, 1.807) is 31.2 Å². The molecule has 0 aliphatic rings. The van der Waals surface area contributed by atoms with Gasteiger partial charge in [-0.15, -0.1) is 0 Å². The summed E-state index contributed by atoms with van der Waals surface area (Å²) in [6.07, 6.45) is 1.07. The minimum absolute atomic E-state index is 0.353. The van der Waals surface area contributed by atoms with Gasteiger partial charge in [-0.1, -0.05) is 29.8 Å². The molecule has 0 fully saturated rings. The average molecular weight is 395 g/mol. The van der Waals surface area contributed by atoms with E-state index in [-0.39, 0.29) is 0 Å². The molecule has 0 aliphatic heterocycles. The number of halogens is 1. The molecular weight excluding hydrogens is 372 g/mol. The molecule has 26 heavy (non-hydrogen) atoms. The molecule has 7 heteroatoms. The molecule has 0 aromatic heterocycles. The van der Waals surface area contributed by atoms with Crippen molar-refractivity contribution in [1.29, 1.82) is 0 Å². The molecule has 1 unspecified atom stereocenters. The fourth-order valence-electron chi connectivity index (χ4n) is 2.65. The molecule has 1 atom stereocenters. The SMILES string of the molecule is Cc1ccc(N(C(C)C(=O)Nc2cccc(C)c2C)S(C)(=O)=O)cc1Cl. The molecule has 0 spiro atoms. The lowest BCUT2D eigenvalue weighted by molar-refractivity contribution is -0.116. The minimum Gasteiger partial charge on any atom is -0.324 e. The maximum absolute atomic E-state index is 12.7. The predicted octanol–water partition coefficient (Wildman–Crippen LogP) is 4.06. The van der Waals surface area contributed by atoms with Crippen LogP contribution in [0.4, 0.5) is 11.4 Å². The van der Waals surface area contributed by atoms with E-state index in [4.69, 9.17) is 11.6 Å². The number of carbonyl (C=O) groups is 1.